The lowest BCUT2D eigenvalue weighted by Crippen LogP contribution is -2.31. The average molecular weight is 536 g/mol. The molecule has 0 heterocycles. The molecule has 0 radical (unpaired) electrons. The predicted molar refractivity (Wildman–Crippen MR) is 150 cm³/mol. The third-order valence-corrected chi connectivity index (χ3v) is 8.31. The van der Waals surface area contributed by atoms with Crippen LogP contribution >= 0.6 is 0 Å². The lowest BCUT2D eigenvalue weighted by molar-refractivity contribution is -0.161. The van der Waals surface area contributed by atoms with Crippen molar-refractivity contribution in [1.82, 2.24) is 4.31 Å². The zero-order chi connectivity index (χ0) is 26.9. The summed E-state index contributed by atoms with van der Waals surface area (Å²) in [6, 6.07) is 7.74. The largest absolute Gasteiger partial charge is 0.392 e. The molecule has 1 unspecified atom stereocenters. The Hall–Kier alpha value is -1.57. The zero-order valence-electron chi connectivity index (χ0n) is 23.2. The molecule has 37 heavy (non-hydrogen) atoms. The standard InChI is InChI=1S/C30H49NO5S/c1-3-4-5-6-7-8-9-10-11-12-13-14-15-16-24-31(37(34)35)25-21-28(32)36-29(33)30(22-23-30)27-19-17-26(2)18-20-27/h17-20H,3-16,21-25H2,1-2H3,(H,34,35). The van der Waals surface area contributed by atoms with Gasteiger partial charge in [-0.05, 0) is 31.7 Å². The van der Waals surface area contributed by atoms with Crippen molar-refractivity contribution in [2.75, 3.05) is 13.1 Å². The fourth-order valence-electron chi connectivity index (χ4n) is 4.83. The van der Waals surface area contributed by atoms with Gasteiger partial charge in [0.1, 0.15) is 0 Å². The van der Waals surface area contributed by atoms with E-state index in [0.29, 0.717) is 19.4 Å². The Morgan fingerprint density at radius 1 is 0.838 bits per heavy atom. The summed E-state index contributed by atoms with van der Waals surface area (Å²) in [5.74, 6) is -1.15. The third-order valence-electron chi connectivity index (χ3n) is 7.50. The first kappa shape index (κ1) is 31.6. The Balaban J connectivity index is 1.53. The molecule has 1 aliphatic carbocycles. The van der Waals surface area contributed by atoms with Gasteiger partial charge < -0.3 is 4.74 Å². The van der Waals surface area contributed by atoms with Crippen LogP contribution in [0.5, 0.6) is 0 Å². The number of esters is 2. The molecule has 0 bridgehead atoms. The quantitative estimate of drug-likeness (QED) is 0.0767. The maximum atomic E-state index is 12.7. The summed E-state index contributed by atoms with van der Waals surface area (Å²) in [6.45, 7) is 4.80. The minimum atomic E-state index is -2.15. The zero-order valence-corrected chi connectivity index (χ0v) is 24.0. The maximum Gasteiger partial charge on any atom is 0.324 e. The molecule has 1 N–H and O–H groups in total. The van der Waals surface area contributed by atoms with Crippen molar-refractivity contribution < 1.29 is 23.1 Å². The van der Waals surface area contributed by atoms with E-state index >= 15 is 0 Å². The highest BCUT2D eigenvalue weighted by molar-refractivity contribution is 7.76. The number of unbranched alkanes of at least 4 members (excludes halogenated alkanes) is 13. The van der Waals surface area contributed by atoms with Crippen molar-refractivity contribution in [2.45, 2.75) is 128 Å². The van der Waals surface area contributed by atoms with Gasteiger partial charge in [0.05, 0.1) is 11.8 Å². The van der Waals surface area contributed by atoms with E-state index < -0.39 is 28.6 Å². The monoisotopic (exact) mass is 535 g/mol. The van der Waals surface area contributed by atoms with Crippen molar-refractivity contribution in [3.05, 3.63) is 35.4 Å². The highest BCUT2D eigenvalue weighted by atomic mass is 32.2. The Kier molecular flexibility index (Phi) is 15.3. The molecule has 2 rings (SSSR count). The highest BCUT2D eigenvalue weighted by Crippen LogP contribution is 2.49. The van der Waals surface area contributed by atoms with Gasteiger partial charge in [0, 0.05) is 13.1 Å². The van der Waals surface area contributed by atoms with E-state index in [0.717, 1.165) is 30.4 Å². The molecular formula is C30H49NO5S. The van der Waals surface area contributed by atoms with Crippen LogP contribution in [-0.2, 0) is 31.0 Å². The van der Waals surface area contributed by atoms with Gasteiger partial charge in [-0.15, -0.1) is 0 Å². The molecule has 1 aromatic rings. The summed E-state index contributed by atoms with van der Waals surface area (Å²) in [6.07, 6.45) is 18.9. The summed E-state index contributed by atoms with van der Waals surface area (Å²) >= 11 is -2.15. The second-order valence-electron chi connectivity index (χ2n) is 10.7. The van der Waals surface area contributed by atoms with E-state index in [-0.39, 0.29) is 13.0 Å². The molecule has 1 aromatic carbocycles. The van der Waals surface area contributed by atoms with E-state index in [9.17, 15) is 18.4 Å². The molecular weight excluding hydrogens is 486 g/mol. The van der Waals surface area contributed by atoms with Gasteiger partial charge in [-0.3, -0.25) is 14.1 Å². The maximum absolute atomic E-state index is 12.7. The van der Waals surface area contributed by atoms with Gasteiger partial charge in [0.2, 0.25) is 11.3 Å². The normalized spacial score (nSPS) is 15.0. The van der Waals surface area contributed by atoms with Gasteiger partial charge in [0.25, 0.3) is 0 Å². The first-order valence-electron chi connectivity index (χ1n) is 14.6. The van der Waals surface area contributed by atoms with E-state index in [1.165, 1.54) is 74.9 Å². The minimum Gasteiger partial charge on any atom is -0.392 e. The van der Waals surface area contributed by atoms with Crippen molar-refractivity contribution in [3.8, 4) is 0 Å². The summed E-state index contributed by atoms with van der Waals surface area (Å²) in [4.78, 5) is 24.9. The Morgan fingerprint density at radius 2 is 1.32 bits per heavy atom. The first-order chi connectivity index (χ1) is 17.9. The molecule has 210 valence electrons. The molecule has 0 aliphatic heterocycles. The molecule has 7 heteroatoms. The summed E-state index contributed by atoms with van der Waals surface area (Å²) in [7, 11) is 0. The summed E-state index contributed by atoms with van der Waals surface area (Å²) < 4.78 is 27.8. The molecule has 1 fully saturated rings. The molecule has 0 aromatic heterocycles. The molecule has 1 aliphatic rings. The highest BCUT2D eigenvalue weighted by Gasteiger charge is 2.53. The lowest BCUT2D eigenvalue weighted by atomic mass is 9.95. The molecule has 0 spiro atoms. The Labute approximate surface area is 227 Å². The van der Waals surface area contributed by atoms with Crippen LogP contribution in [0.3, 0.4) is 0 Å². The second-order valence-corrected chi connectivity index (χ2v) is 11.7. The van der Waals surface area contributed by atoms with Crippen LogP contribution in [0.1, 0.15) is 127 Å². The second kappa shape index (κ2) is 17.8. The number of carbonyl (C=O) groups is 2. The van der Waals surface area contributed by atoms with E-state index in [1.807, 2.05) is 31.2 Å². The van der Waals surface area contributed by atoms with Gasteiger partial charge in [0.15, 0.2) is 0 Å². The van der Waals surface area contributed by atoms with Gasteiger partial charge in [-0.2, -0.15) is 0 Å². The van der Waals surface area contributed by atoms with Crippen LogP contribution < -0.4 is 0 Å². The number of hydrogen-bond acceptors (Lipinski definition) is 4. The van der Waals surface area contributed by atoms with Crippen LogP contribution in [0.2, 0.25) is 0 Å². The number of aryl methyl sites for hydroxylation is 1. The SMILES string of the molecule is CCCCCCCCCCCCCCCCN(CCC(=O)OC(=O)C1(c2ccc(C)cc2)CC1)S(=O)O. The molecule has 0 amide bonds. The number of rotatable bonds is 21. The minimum absolute atomic E-state index is 0.0827. The van der Waals surface area contributed by atoms with Crippen LogP contribution in [0, 0.1) is 6.92 Å². The average Bonchev–Trinajstić information content (AvgIpc) is 3.68. The van der Waals surface area contributed by atoms with Crippen molar-refractivity contribution >= 4 is 23.2 Å². The topological polar surface area (TPSA) is 83.9 Å². The van der Waals surface area contributed by atoms with E-state index in [1.54, 1.807) is 0 Å². The van der Waals surface area contributed by atoms with Gasteiger partial charge in [-0.25, -0.2) is 8.51 Å². The van der Waals surface area contributed by atoms with Crippen LogP contribution in [-0.4, -0.2) is 38.1 Å². The number of ether oxygens (including phenoxy) is 1. The fourth-order valence-corrected chi connectivity index (χ4v) is 5.36. The first-order valence-corrected chi connectivity index (χ1v) is 15.6. The number of benzene rings is 1. The number of nitrogens with zero attached hydrogens (tertiary/aromatic N) is 1. The smallest absolute Gasteiger partial charge is 0.324 e. The van der Waals surface area contributed by atoms with Crippen LogP contribution in [0.25, 0.3) is 0 Å². The number of hydrogen-bond donors (Lipinski definition) is 1. The van der Waals surface area contributed by atoms with Crippen LogP contribution in [0.15, 0.2) is 24.3 Å². The predicted octanol–water partition coefficient (Wildman–Crippen LogP) is 7.41. The van der Waals surface area contributed by atoms with Crippen LogP contribution in [0.4, 0.5) is 0 Å². The van der Waals surface area contributed by atoms with Gasteiger partial charge in [-0.1, -0.05) is 120 Å². The van der Waals surface area contributed by atoms with Crippen molar-refractivity contribution in [3.63, 3.8) is 0 Å². The Bertz CT molecular complexity index is 822. The fraction of sp³-hybridized carbons (Fsp3) is 0.733. The lowest BCUT2D eigenvalue weighted by Gasteiger charge is -2.18. The molecule has 1 saturated carbocycles. The van der Waals surface area contributed by atoms with Gasteiger partial charge >= 0.3 is 11.9 Å². The van der Waals surface area contributed by atoms with E-state index in [2.05, 4.69) is 6.92 Å². The molecule has 0 saturated heterocycles. The van der Waals surface area contributed by atoms with Crippen molar-refractivity contribution in [1.29, 1.82) is 0 Å². The third kappa shape index (κ3) is 12.2. The Morgan fingerprint density at radius 3 is 1.78 bits per heavy atom. The summed E-state index contributed by atoms with van der Waals surface area (Å²) in [5.41, 5.74) is 1.28. The van der Waals surface area contributed by atoms with Crippen molar-refractivity contribution in [2.24, 2.45) is 0 Å². The number of carbonyl (C=O) groups excluding carboxylic acids is 2. The molecule has 1 atom stereocenters. The summed E-state index contributed by atoms with van der Waals surface area (Å²) in [5, 5.41) is 0. The van der Waals surface area contributed by atoms with E-state index in [4.69, 9.17) is 4.74 Å². The molecule has 6 nitrogen and oxygen atoms in total.